The highest BCUT2D eigenvalue weighted by Crippen LogP contribution is 2.32. The molecule has 2 aliphatic rings. The summed E-state index contributed by atoms with van der Waals surface area (Å²) in [7, 11) is -2.17. The van der Waals surface area contributed by atoms with Gasteiger partial charge in [-0.3, -0.25) is 4.79 Å². The van der Waals surface area contributed by atoms with Crippen molar-refractivity contribution < 1.29 is 26.7 Å². The van der Waals surface area contributed by atoms with E-state index in [1.165, 1.54) is 4.31 Å². The Balaban J connectivity index is 1.69. The molecule has 0 aromatic heterocycles. The van der Waals surface area contributed by atoms with Gasteiger partial charge in [0.1, 0.15) is 23.5 Å². The van der Waals surface area contributed by atoms with Crippen molar-refractivity contribution in [3.05, 3.63) is 65.2 Å². The predicted octanol–water partition coefficient (Wildman–Crippen LogP) is 4.35. The van der Waals surface area contributed by atoms with Crippen LogP contribution in [0, 0.1) is 11.6 Å². The molecule has 1 heterocycles. The first-order chi connectivity index (χ1) is 16.2. The highest BCUT2D eigenvalue weighted by Gasteiger charge is 2.38. The molecule has 2 aromatic rings. The summed E-state index contributed by atoms with van der Waals surface area (Å²) in [6.07, 6.45) is 3.78. The van der Waals surface area contributed by atoms with Crippen molar-refractivity contribution in [2.24, 2.45) is 0 Å². The molecule has 0 saturated heterocycles. The fourth-order valence-corrected chi connectivity index (χ4v) is 6.69. The molecular weight excluding hydrogens is 462 g/mol. The van der Waals surface area contributed by atoms with E-state index in [4.69, 9.17) is 4.74 Å². The van der Waals surface area contributed by atoms with Gasteiger partial charge in [-0.05, 0) is 61.9 Å². The molecule has 0 bridgehead atoms. The number of carbonyl (C=O) groups excluding carboxylic acids is 1. The van der Waals surface area contributed by atoms with E-state index in [0.717, 1.165) is 31.0 Å². The summed E-state index contributed by atoms with van der Waals surface area (Å²) < 4.78 is 62.4. The molecule has 0 spiro atoms. The number of ether oxygens (including phenoxy) is 1. The van der Waals surface area contributed by atoms with Crippen LogP contribution in [0.4, 0.5) is 8.78 Å². The smallest absolute Gasteiger partial charge is 0.257 e. The predicted molar refractivity (Wildman–Crippen MR) is 125 cm³/mol. The number of amides is 1. The lowest BCUT2D eigenvalue weighted by Crippen LogP contribution is -2.51. The summed E-state index contributed by atoms with van der Waals surface area (Å²) in [6.45, 7) is 0.735. The van der Waals surface area contributed by atoms with Crippen LogP contribution in [0.1, 0.15) is 54.4 Å². The molecule has 1 aliphatic carbocycles. The number of rotatable bonds is 3. The minimum atomic E-state index is -3.89. The minimum absolute atomic E-state index is 0.0765. The normalized spacial score (nSPS) is 22.7. The molecule has 0 N–H and O–H groups in total. The van der Waals surface area contributed by atoms with Gasteiger partial charge in [-0.2, -0.15) is 4.31 Å². The van der Waals surface area contributed by atoms with Gasteiger partial charge in [0.05, 0.1) is 17.4 Å². The first-order valence-electron chi connectivity index (χ1n) is 11.7. The molecule has 0 unspecified atom stereocenters. The second-order valence-corrected chi connectivity index (χ2v) is 11.0. The van der Waals surface area contributed by atoms with Crippen molar-refractivity contribution in [1.29, 1.82) is 0 Å². The third kappa shape index (κ3) is 5.58. The average Bonchev–Trinajstić information content (AvgIpc) is 2.77. The first-order valence-corrected chi connectivity index (χ1v) is 13.3. The topological polar surface area (TPSA) is 66.9 Å². The number of carbonyl (C=O) groups is 1. The van der Waals surface area contributed by atoms with Gasteiger partial charge in [0.2, 0.25) is 10.0 Å². The molecule has 1 saturated carbocycles. The lowest BCUT2D eigenvalue weighted by atomic mass is 9.92. The number of hydrogen-bond donors (Lipinski definition) is 0. The Labute approximate surface area is 199 Å². The van der Waals surface area contributed by atoms with Crippen LogP contribution in [0.25, 0.3) is 0 Å². The first kappa shape index (κ1) is 24.6. The zero-order chi connectivity index (χ0) is 24.3. The van der Waals surface area contributed by atoms with Gasteiger partial charge < -0.3 is 9.64 Å². The number of nitrogens with zero attached hydrogens (tertiary/aromatic N) is 2. The maximum absolute atomic E-state index is 13.7. The van der Waals surface area contributed by atoms with Gasteiger partial charge in [-0.15, -0.1) is 0 Å². The summed E-state index contributed by atoms with van der Waals surface area (Å²) in [6, 6.07) is 9.48. The van der Waals surface area contributed by atoms with Crippen molar-refractivity contribution in [2.45, 2.75) is 56.4 Å². The van der Waals surface area contributed by atoms with E-state index in [2.05, 4.69) is 0 Å². The Morgan fingerprint density at radius 2 is 1.65 bits per heavy atom. The van der Waals surface area contributed by atoms with Gasteiger partial charge in [-0.25, -0.2) is 17.2 Å². The van der Waals surface area contributed by atoms with Crippen molar-refractivity contribution >= 4 is 15.9 Å². The third-order valence-electron chi connectivity index (χ3n) is 6.53. The number of halogens is 2. The van der Waals surface area contributed by atoms with E-state index in [0.29, 0.717) is 43.5 Å². The number of fused-ring (bicyclic) bond motifs is 2. The molecule has 1 amide bonds. The standard InChI is InChI=1S/C25H30F2N2O4S/c1-28-12-6-7-13-29(34(31,32)17-18-14-19(26)16-20(27)15-18)22-9-3-5-11-24(22)33-23-10-4-2-8-21(23)25(28)30/h2,4,8,10,14-16,22,24H,3,5-7,9,11-13,17H2,1H3/t22-,24+/m1/s1. The fourth-order valence-electron chi connectivity index (χ4n) is 4.88. The van der Waals surface area contributed by atoms with Crippen LogP contribution in [0.2, 0.25) is 0 Å². The monoisotopic (exact) mass is 492 g/mol. The molecule has 34 heavy (non-hydrogen) atoms. The molecule has 2 aromatic carbocycles. The van der Waals surface area contributed by atoms with Crippen LogP contribution in [0.5, 0.6) is 5.75 Å². The highest BCUT2D eigenvalue weighted by molar-refractivity contribution is 7.88. The summed E-state index contributed by atoms with van der Waals surface area (Å²) in [4.78, 5) is 14.6. The Morgan fingerprint density at radius 1 is 0.971 bits per heavy atom. The Morgan fingerprint density at radius 3 is 2.41 bits per heavy atom. The maximum Gasteiger partial charge on any atom is 0.257 e. The lowest BCUT2D eigenvalue weighted by molar-refractivity contribution is 0.0657. The van der Waals surface area contributed by atoms with E-state index in [1.54, 1.807) is 36.2 Å². The molecule has 1 aliphatic heterocycles. The van der Waals surface area contributed by atoms with E-state index >= 15 is 0 Å². The molecule has 0 radical (unpaired) electrons. The van der Waals surface area contributed by atoms with Crippen LogP contribution in [0.3, 0.4) is 0 Å². The minimum Gasteiger partial charge on any atom is -0.488 e. The van der Waals surface area contributed by atoms with E-state index in [-0.39, 0.29) is 18.0 Å². The second-order valence-electron chi connectivity index (χ2n) is 9.08. The van der Waals surface area contributed by atoms with Crippen molar-refractivity contribution in [2.75, 3.05) is 20.1 Å². The summed E-state index contributed by atoms with van der Waals surface area (Å²) in [5.74, 6) is -1.77. The van der Waals surface area contributed by atoms with Crippen LogP contribution >= 0.6 is 0 Å². The SMILES string of the molecule is CN1CCCCN(S(=O)(=O)Cc2cc(F)cc(F)c2)[C@@H]2CCCC[C@@H]2Oc2ccccc2C1=O. The van der Waals surface area contributed by atoms with Crippen molar-refractivity contribution in [3.63, 3.8) is 0 Å². The quantitative estimate of drug-likeness (QED) is 0.639. The number of para-hydroxylation sites is 1. The van der Waals surface area contributed by atoms with E-state index in [9.17, 15) is 22.0 Å². The Hall–Kier alpha value is -2.52. The van der Waals surface area contributed by atoms with Gasteiger partial charge in [0.25, 0.3) is 5.91 Å². The van der Waals surface area contributed by atoms with Crippen molar-refractivity contribution in [3.8, 4) is 5.75 Å². The maximum atomic E-state index is 13.7. The second kappa shape index (κ2) is 10.4. The highest BCUT2D eigenvalue weighted by atomic mass is 32.2. The Kier molecular flexibility index (Phi) is 7.52. The third-order valence-corrected chi connectivity index (χ3v) is 8.40. The zero-order valence-electron chi connectivity index (χ0n) is 19.3. The largest absolute Gasteiger partial charge is 0.488 e. The molecule has 2 atom stereocenters. The summed E-state index contributed by atoms with van der Waals surface area (Å²) >= 11 is 0. The van der Waals surface area contributed by atoms with Crippen LogP contribution < -0.4 is 4.74 Å². The molecule has 4 rings (SSSR count). The van der Waals surface area contributed by atoms with E-state index in [1.807, 2.05) is 0 Å². The zero-order valence-corrected chi connectivity index (χ0v) is 20.1. The van der Waals surface area contributed by atoms with Crippen LogP contribution in [-0.4, -0.2) is 55.8 Å². The number of hydrogen-bond acceptors (Lipinski definition) is 4. The number of benzene rings is 2. The van der Waals surface area contributed by atoms with Crippen molar-refractivity contribution in [1.82, 2.24) is 9.21 Å². The van der Waals surface area contributed by atoms with Gasteiger partial charge in [-0.1, -0.05) is 18.6 Å². The molecule has 1 fully saturated rings. The fraction of sp³-hybridized carbons (Fsp3) is 0.480. The summed E-state index contributed by atoms with van der Waals surface area (Å²) in [5, 5.41) is 0. The molecule has 6 nitrogen and oxygen atoms in total. The van der Waals surface area contributed by atoms with Gasteiger partial charge in [0.15, 0.2) is 0 Å². The number of sulfonamides is 1. The Bertz CT molecular complexity index is 1120. The molecule has 184 valence electrons. The van der Waals surface area contributed by atoms with Crippen LogP contribution in [-0.2, 0) is 15.8 Å². The molecular formula is C25H30F2N2O4S. The van der Waals surface area contributed by atoms with Gasteiger partial charge in [0, 0.05) is 26.2 Å². The van der Waals surface area contributed by atoms with Gasteiger partial charge >= 0.3 is 0 Å². The van der Waals surface area contributed by atoms with Crippen LogP contribution in [0.15, 0.2) is 42.5 Å². The lowest BCUT2D eigenvalue weighted by Gasteiger charge is -2.39. The average molecular weight is 493 g/mol. The molecule has 9 heteroatoms. The van der Waals surface area contributed by atoms with E-state index < -0.39 is 39.6 Å². The summed E-state index contributed by atoms with van der Waals surface area (Å²) in [5.41, 5.74) is 0.534.